The van der Waals surface area contributed by atoms with E-state index in [0.717, 1.165) is 21.6 Å². The summed E-state index contributed by atoms with van der Waals surface area (Å²) >= 11 is 1.61. The Morgan fingerprint density at radius 1 is 1.20 bits per heavy atom. The average Bonchev–Trinajstić information content (AvgIpc) is 2.84. The van der Waals surface area contributed by atoms with Crippen LogP contribution in [0, 0.1) is 0 Å². The molecule has 0 bridgehead atoms. The van der Waals surface area contributed by atoms with E-state index in [0.29, 0.717) is 6.61 Å². The van der Waals surface area contributed by atoms with Crippen molar-refractivity contribution >= 4 is 17.3 Å². The Kier molecular flexibility index (Phi) is 1.86. The summed E-state index contributed by atoms with van der Waals surface area (Å²) in [4.78, 5) is 12.5. The van der Waals surface area contributed by atoms with Gasteiger partial charge in [0.2, 0.25) is 0 Å². The number of benzene rings is 1. The van der Waals surface area contributed by atoms with E-state index in [1.165, 1.54) is 0 Å². The van der Waals surface area contributed by atoms with Crippen molar-refractivity contribution in [2.45, 2.75) is 6.61 Å². The zero-order valence-electron chi connectivity index (χ0n) is 7.90. The number of carbonyl (C=O) groups is 1. The summed E-state index contributed by atoms with van der Waals surface area (Å²) in [6.07, 6.45) is 0. The summed E-state index contributed by atoms with van der Waals surface area (Å²) in [6, 6.07) is 9.94. The Morgan fingerprint density at radius 2 is 2.00 bits per heavy atom. The maximum absolute atomic E-state index is 11.5. The second kappa shape index (κ2) is 3.21. The number of cyclic esters (lactones) is 1. The van der Waals surface area contributed by atoms with E-state index in [4.69, 9.17) is 4.74 Å². The normalized spacial score (nSPS) is 13.7. The average molecular weight is 216 g/mol. The molecule has 0 N–H and O–H groups in total. The molecule has 0 fully saturated rings. The number of fused-ring (bicyclic) bond motifs is 1. The van der Waals surface area contributed by atoms with Gasteiger partial charge in [0.25, 0.3) is 0 Å². The highest BCUT2D eigenvalue weighted by Crippen LogP contribution is 2.36. The molecule has 3 heteroatoms. The molecule has 0 saturated carbocycles. The largest absolute Gasteiger partial charge is 0.457 e. The van der Waals surface area contributed by atoms with Gasteiger partial charge in [0.1, 0.15) is 6.61 Å². The first-order valence-corrected chi connectivity index (χ1v) is 5.57. The van der Waals surface area contributed by atoms with Gasteiger partial charge < -0.3 is 4.74 Å². The fourth-order valence-corrected chi connectivity index (χ4v) is 2.79. The van der Waals surface area contributed by atoms with Crippen LogP contribution in [0.15, 0.2) is 35.7 Å². The predicted molar refractivity (Wildman–Crippen MR) is 58.9 cm³/mol. The monoisotopic (exact) mass is 216 g/mol. The van der Waals surface area contributed by atoms with Gasteiger partial charge in [-0.1, -0.05) is 30.3 Å². The van der Waals surface area contributed by atoms with Crippen molar-refractivity contribution in [3.63, 3.8) is 0 Å². The van der Waals surface area contributed by atoms with Gasteiger partial charge in [-0.3, -0.25) is 0 Å². The van der Waals surface area contributed by atoms with Crippen LogP contribution in [0.2, 0.25) is 0 Å². The van der Waals surface area contributed by atoms with E-state index >= 15 is 0 Å². The number of carbonyl (C=O) groups excluding carboxylic acids is 1. The Hall–Kier alpha value is -1.61. The topological polar surface area (TPSA) is 26.3 Å². The fourth-order valence-electron chi connectivity index (χ4n) is 1.74. The summed E-state index contributed by atoms with van der Waals surface area (Å²) < 4.78 is 4.99. The van der Waals surface area contributed by atoms with E-state index < -0.39 is 0 Å². The van der Waals surface area contributed by atoms with Crippen LogP contribution in [0.3, 0.4) is 0 Å². The number of ether oxygens (including phenoxy) is 1. The van der Waals surface area contributed by atoms with Crippen LogP contribution in [0.25, 0.3) is 10.4 Å². The van der Waals surface area contributed by atoms with Gasteiger partial charge in [0, 0.05) is 10.4 Å². The molecule has 2 nitrogen and oxygen atoms in total. The number of esters is 1. The molecule has 0 amide bonds. The standard InChI is InChI=1S/C12H8O2S/c13-12-10-9(6-14-12)7-15-11(10)8-4-2-1-3-5-8/h1-5,7H,6H2. The van der Waals surface area contributed by atoms with Crippen molar-refractivity contribution < 1.29 is 9.53 Å². The molecule has 1 aromatic carbocycles. The molecule has 0 spiro atoms. The van der Waals surface area contributed by atoms with Gasteiger partial charge in [-0.2, -0.15) is 0 Å². The molecule has 1 aromatic heterocycles. The smallest absolute Gasteiger partial charge is 0.340 e. The Morgan fingerprint density at radius 3 is 2.80 bits per heavy atom. The SMILES string of the molecule is O=C1OCc2csc(-c3ccccc3)c21. The fraction of sp³-hybridized carbons (Fsp3) is 0.0833. The van der Waals surface area contributed by atoms with Crippen LogP contribution in [0.1, 0.15) is 15.9 Å². The zero-order chi connectivity index (χ0) is 10.3. The lowest BCUT2D eigenvalue weighted by molar-refractivity contribution is 0.0535. The third-order valence-corrected chi connectivity index (χ3v) is 3.54. The summed E-state index contributed by atoms with van der Waals surface area (Å²) in [7, 11) is 0. The molecule has 0 saturated heterocycles. The summed E-state index contributed by atoms with van der Waals surface area (Å²) in [5.74, 6) is -0.190. The first kappa shape index (κ1) is 8.68. The van der Waals surface area contributed by atoms with Crippen molar-refractivity contribution in [1.82, 2.24) is 0 Å². The van der Waals surface area contributed by atoms with Crippen molar-refractivity contribution in [2.75, 3.05) is 0 Å². The molecule has 0 aliphatic carbocycles. The van der Waals surface area contributed by atoms with Gasteiger partial charge in [-0.25, -0.2) is 4.79 Å². The quantitative estimate of drug-likeness (QED) is 0.685. The Labute approximate surface area is 91.1 Å². The molecule has 0 atom stereocenters. The zero-order valence-corrected chi connectivity index (χ0v) is 8.71. The van der Waals surface area contributed by atoms with E-state index in [2.05, 4.69) is 0 Å². The maximum Gasteiger partial charge on any atom is 0.340 e. The second-order valence-electron chi connectivity index (χ2n) is 3.41. The molecule has 3 rings (SSSR count). The van der Waals surface area contributed by atoms with E-state index in [9.17, 15) is 4.79 Å². The minimum absolute atomic E-state index is 0.190. The molecule has 74 valence electrons. The lowest BCUT2D eigenvalue weighted by Crippen LogP contribution is -1.94. The van der Waals surface area contributed by atoms with Gasteiger partial charge in [0.15, 0.2) is 0 Å². The second-order valence-corrected chi connectivity index (χ2v) is 4.29. The van der Waals surface area contributed by atoms with Crippen LogP contribution >= 0.6 is 11.3 Å². The number of thiophene rings is 1. The lowest BCUT2D eigenvalue weighted by atomic mass is 10.1. The molecular formula is C12H8O2S. The first-order valence-electron chi connectivity index (χ1n) is 4.69. The van der Waals surface area contributed by atoms with Gasteiger partial charge in [-0.05, 0) is 10.9 Å². The van der Waals surface area contributed by atoms with Crippen LogP contribution in [-0.4, -0.2) is 5.97 Å². The van der Waals surface area contributed by atoms with Gasteiger partial charge in [0.05, 0.1) is 5.56 Å². The lowest BCUT2D eigenvalue weighted by Gasteiger charge is -1.98. The Bertz CT molecular complexity index is 514. The predicted octanol–water partition coefficient (Wildman–Crippen LogP) is 3.09. The summed E-state index contributed by atoms with van der Waals surface area (Å²) in [5.41, 5.74) is 2.86. The molecule has 2 aromatic rings. The molecular weight excluding hydrogens is 208 g/mol. The van der Waals surface area contributed by atoms with E-state index in [1.807, 2.05) is 35.7 Å². The van der Waals surface area contributed by atoms with E-state index in [-0.39, 0.29) is 5.97 Å². The van der Waals surface area contributed by atoms with E-state index in [1.54, 1.807) is 11.3 Å². The molecule has 1 aliphatic rings. The molecule has 1 aliphatic heterocycles. The number of rotatable bonds is 1. The van der Waals surface area contributed by atoms with Gasteiger partial charge >= 0.3 is 5.97 Å². The highest BCUT2D eigenvalue weighted by molar-refractivity contribution is 7.14. The molecule has 0 unspecified atom stereocenters. The molecule has 2 heterocycles. The molecule has 15 heavy (non-hydrogen) atoms. The van der Waals surface area contributed by atoms with Gasteiger partial charge in [-0.15, -0.1) is 11.3 Å². The highest BCUT2D eigenvalue weighted by Gasteiger charge is 2.26. The van der Waals surface area contributed by atoms with Crippen molar-refractivity contribution in [3.8, 4) is 10.4 Å². The minimum atomic E-state index is -0.190. The van der Waals surface area contributed by atoms with Crippen molar-refractivity contribution in [1.29, 1.82) is 0 Å². The third-order valence-electron chi connectivity index (χ3n) is 2.47. The maximum atomic E-state index is 11.5. The van der Waals surface area contributed by atoms with Crippen molar-refractivity contribution in [3.05, 3.63) is 46.8 Å². The van der Waals surface area contributed by atoms with Crippen LogP contribution in [0.5, 0.6) is 0 Å². The minimum Gasteiger partial charge on any atom is -0.457 e. The highest BCUT2D eigenvalue weighted by atomic mass is 32.1. The first-order chi connectivity index (χ1) is 7.36. The number of hydrogen-bond donors (Lipinski definition) is 0. The Balaban J connectivity index is 2.19. The summed E-state index contributed by atoms with van der Waals surface area (Å²) in [6.45, 7) is 0.428. The van der Waals surface area contributed by atoms with Crippen LogP contribution < -0.4 is 0 Å². The summed E-state index contributed by atoms with van der Waals surface area (Å²) in [5, 5.41) is 2.00. The van der Waals surface area contributed by atoms with Crippen molar-refractivity contribution in [2.24, 2.45) is 0 Å². The number of hydrogen-bond acceptors (Lipinski definition) is 3. The van der Waals surface area contributed by atoms with Crippen LogP contribution in [-0.2, 0) is 11.3 Å². The van der Waals surface area contributed by atoms with Crippen LogP contribution in [0.4, 0.5) is 0 Å². The third kappa shape index (κ3) is 1.27. The molecule has 0 radical (unpaired) electrons.